The second kappa shape index (κ2) is 5.12. The number of halogens is 3. The van der Waals surface area contributed by atoms with Crippen molar-refractivity contribution in [3.8, 4) is 0 Å². The molecule has 0 fully saturated rings. The van der Waals surface area contributed by atoms with E-state index in [1.807, 2.05) is 0 Å². The van der Waals surface area contributed by atoms with Crippen molar-refractivity contribution >= 4 is 11.8 Å². The Morgan fingerprint density at radius 3 is 2.74 bits per heavy atom. The number of alkyl halides is 3. The SMILES string of the molecule is Cn1[nH]c(=O)nc1SCc1cccc(C(F)(F)F)c1. The first-order valence-corrected chi connectivity index (χ1v) is 6.27. The smallest absolute Gasteiger partial charge is 0.264 e. The van der Waals surface area contributed by atoms with E-state index in [4.69, 9.17) is 0 Å². The molecule has 1 aromatic carbocycles. The van der Waals surface area contributed by atoms with Gasteiger partial charge in [0, 0.05) is 12.8 Å². The maximum atomic E-state index is 12.5. The third kappa shape index (κ3) is 3.40. The third-order valence-electron chi connectivity index (χ3n) is 2.37. The molecule has 2 aromatic rings. The number of benzene rings is 1. The molecule has 0 saturated carbocycles. The highest BCUT2D eigenvalue weighted by Gasteiger charge is 2.30. The first kappa shape index (κ1) is 13.7. The van der Waals surface area contributed by atoms with E-state index >= 15 is 0 Å². The van der Waals surface area contributed by atoms with Gasteiger partial charge in [0.05, 0.1) is 5.56 Å². The van der Waals surface area contributed by atoms with Crippen LogP contribution in [0.3, 0.4) is 0 Å². The molecule has 0 aliphatic heterocycles. The topological polar surface area (TPSA) is 50.7 Å². The second-order valence-corrected chi connectivity index (χ2v) is 4.80. The van der Waals surface area contributed by atoms with Gasteiger partial charge in [-0.3, -0.25) is 4.68 Å². The molecule has 2 rings (SSSR count). The molecule has 19 heavy (non-hydrogen) atoms. The first-order valence-electron chi connectivity index (χ1n) is 5.28. The molecular formula is C11H10F3N3OS. The zero-order valence-corrected chi connectivity index (χ0v) is 10.7. The average molecular weight is 289 g/mol. The van der Waals surface area contributed by atoms with Crippen molar-refractivity contribution in [1.29, 1.82) is 0 Å². The normalized spacial score (nSPS) is 11.8. The molecule has 1 aromatic heterocycles. The molecule has 0 unspecified atom stereocenters. The lowest BCUT2D eigenvalue weighted by atomic mass is 10.1. The minimum Gasteiger partial charge on any atom is -0.264 e. The van der Waals surface area contributed by atoms with Gasteiger partial charge in [0.2, 0.25) is 0 Å². The van der Waals surface area contributed by atoms with E-state index in [0.717, 1.165) is 12.1 Å². The van der Waals surface area contributed by atoms with E-state index in [1.165, 1.54) is 22.5 Å². The van der Waals surface area contributed by atoms with Crippen LogP contribution < -0.4 is 5.69 Å². The highest BCUT2D eigenvalue weighted by molar-refractivity contribution is 7.98. The molecular weight excluding hydrogens is 279 g/mol. The number of nitrogens with one attached hydrogen (secondary N) is 1. The summed E-state index contributed by atoms with van der Waals surface area (Å²) in [4.78, 5) is 14.6. The molecule has 0 aliphatic carbocycles. The number of rotatable bonds is 3. The van der Waals surface area contributed by atoms with Gasteiger partial charge >= 0.3 is 11.9 Å². The van der Waals surface area contributed by atoms with Gasteiger partial charge in [-0.1, -0.05) is 30.0 Å². The molecule has 8 heteroatoms. The minimum absolute atomic E-state index is 0.308. The average Bonchev–Trinajstić information content (AvgIpc) is 2.64. The Hall–Kier alpha value is -1.70. The van der Waals surface area contributed by atoms with Gasteiger partial charge < -0.3 is 0 Å². The van der Waals surface area contributed by atoms with Crippen LogP contribution in [-0.2, 0) is 19.0 Å². The summed E-state index contributed by atoms with van der Waals surface area (Å²) < 4.78 is 39.0. The lowest BCUT2D eigenvalue weighted by Crippen LogP contribution is -2.05. The van der Waals surface area contributed by atoms with Gasteiger partial charge in [0.25, 0.3) is 0 Å². The van der Waals surface area contributed by atoms with Crippen LogP contribution in [0.5, 0.6) is 0 Å². The Morgan fingerprint density at radius 1 is 1.42 bits per heavy atom. The molecule has 1 heterocycles. The molecule has 102 valence electrons. The van der Waals surface area contributed by atoms with E-state index in [9.17, 15) is 18.0 Å². The van der Waals surface area contributed by atoms with Gasteiger partial charge in [-0.2, -0.15) is 18.2 Å². The Kier molecular flexibility index (Phi) is 3.70. The Morgan fingerprint density at radius 2 is 2.16 bits per heavy atom. The standard InChI is InChI=1S/C11H10F3N3OS/c1-17-10(15-9(18)16-17)19-6-7-3-2-4-8(5-7)11(12,13)14/h2-5H,6H2,1H3,(H,16,18). The number of H-pyrrole nitrogens is 1. The monoisotopic (exact) mass is 289 g/mol. The number of aryl methyl sites for hydroxylation is 1. The molecule has 4 nitrogen and oxygen atoms in total. The quantitative estimate of drug-likeness (QED) is 0.883. The van der Waals surface area contributed by atoms with Crippen LogP contribution in [0.4, 0.5) is 13.2 Å². The number of aromatic amines is 1. The van der Waals surface area contributed by atoms with Gasteiger partial charge in [-0.05, 0) is 11.6 Å². The van der Waals surface area contributed by atoms with Crippen LogP contribution in [-0.4, -0.2) is 14.8 Å². The summed E-state index contributed by atoms with van der Waals surface area (Å²) in [5.74, 6) is 0.308. The predicted molar refractivity (Wildman–Crippen MR) is 64.8 cm³/mol. The molecule has 0 bridgehead atoms. The summed E-state index contributed by atoms with van der Waals surface area (Å²) in [6.07, 6.45) is -4.35. The Labute approximate surface area is 110 Å². The van der Waals surface area contributed by atoms with E-state index in [1.54, 1.807) is 13.1 Å². The lowest BCUT2D eigenvalue weighted by molar-refractivity contribution is -0.137. The third-order valence-corrected chi connectivity index (χ3v) is 3.47. The number of nitrogens with zero attached hydrogens (tertiary/aromatic N) is 2. The highest BCUT2D eigenvalue weighted by atomic mass is 32.2. The summed E-state index contributed by atoms with van der Waals surface area (Å²) in [5.41, 5.74) is -0.633. The van der Waals surface area contributed by atoms with Crippen molar-refractivity contribution in [3.05, 3.63) is 45.9 Å². The van der Waals surface area contributed by atoms with Gasteiger partial charge in [-0.15, -0.1) is 0 Å². The summed E-state index contributed by atoms with van der Waals surface area (Å²) in [6, 6.07) is 5.09. The van der Waals surface area contributed by atoms with Crippen LogP contribution in [0.25, 0.3) is 0 Å². The van der Waals surface area contributed by atoms with Crippen LogP contribution in [0.1, 0.15) is 11.1 Å². The van der Waals surface area contributed by atoms with Gasteiger partial charge in [0.15, 0.2) is 5.16 Å². The van der Waals surface area contributed by atoms with E-state index in [0.29, 0.717) is 16.5 Å². The van der Waals surface area contributed by atoms with Crippen LogP contribution in [0.15, 0.2) is 34.2 Å². The maximum Gasteiger partial charge on any atom is 0.416 e. The van der Waals surface area contributed by atoms with Crippen LogP contribution >= 0.6 is 11.8 Å². The molecule has 0 amide bonds. The van der Waals surface area contributed by atoms with Crippen molar-refractivity contribution < 1.29 is 13.2 Å². The maximum absolute atomic E-state index is 12.5. The van der Waals surface area contributed by atoms with Crippen molar-refractivity contribution in [3.63, 3.8) is 0 Å². The fraction of sp³-hybridized carbons (Fsp3) is 0.273. The summed E-state index contributed by atoms with van der Waals surface area (Å²) in [5, 5.41) is 2.86. The summed E-state index contributed by atoms with van der Waals surface area (Å²) >= 11 is 1.19. The molecule has 0 radical (unpaired) electrons. The molecule has 0 aliphatic rings. The number of thioether (sulfide) groups is 1. The van der Waals surface area contributed by atoms with Crippen molar-refractivity contribution in [1.82, 2.24) is 14.8 Å². The fourth-order valence-corrected chi connectivity index (χ4v) is 2.35. The Bertz CT molecular complexity index is 633. The van der Waals surface area contributed by atoms with Crippen molar-refractivity contribution in [2.24, 2.45) is 7.05 Å². The Balaban J connectivity index is 2.12. The zero-order chi connectivity index (χ0) is 14.0. The lowest BCUT2D eigenvalue weighted by Gasteiger charge is -2.08. The van der Waals surface area contributed by atoms with E-state index in [2.05, 4.69) is 10.1 Å². The molecule has 0 spiro atoms. The van der Waals surface area contributed by atoms with Gasteiger partial charge in [0.1, 0.15) is 0 Å². The number of hydrogen-bond acceptors (Lipinski definition) is 3. The van der Waals surface area contributed by atoms with E-state index < -0.39 is 17.4 Å². The van der Waals surface area contributed by atoms with Gasteiger partial charge in [-0.25, -0.2) is 9.89 Å². The fourth-order valence-electron chi connectivity index (χ4n) is 1.49. The van der Waals surface area contributed by atoms with Crippen LogP contribution in [0, 0.1) is 0 Å². The second-order valence-electron chi connectivity index (χ2n) is 3.86. The molecule has 0 atom stereocenters. The molecule has 1 N–H and O–H groups in total. The van der Waals surface area contributed by atoms with Crippen molar-refractivity contribution in [2.75, 3.05) is 0 Å². The van der Waals surface area contributed by atoms with E-state index in [-0.39, 0.29) is 0 Å². The number of aromatic nitrogens is 3. The molecule has 0 saturated heterocycles. The first-order chi connectivity index (χ1) is 8.86. The zero-order valence-electron chi connectivity index (χ0n) is 9.86. The van der Waals surface area contributed by atoms with Crippen molar-refractivity contribution in [2.45, 2.75) is 17.1 Å². The minimum atomic E-state index is -4.35. The number of hydrogen-bond donors (Lipinski definition) is 1. The summed E-state index contributed by atoms with van der Waals surface area (Å²) in [7, 11) is 1.61. The largest absolute Gasteiger partial charge is 0.416 e. The van der Waals surface area contributed by atoms with Crippen LogP contribution in [0.2, 0.25) is 0 Å². The summed E-state index contributed by atoms with van der Waals surface area (Å²) in [6.45, 7) is 0. The highest BCUT2D eigenvalue weighted by Crippen LogP contribution is 2.30. The predicted octanol–water partition coefficient (Wildman–Crippen LogP) is 2.42.